The van der Waals surface area contributed by atoms with Crippen LogP contribution >= 0.6 is 23.2 Å². The van der Waals surface area contributed by atoms with Crippen LogP contribution in [0.1, 0.15) is 50.3 Å². The van der Waals surface area contributed by atoms with E-state index in [0.29, 0.717) is 5.75 Å². The molecule has 1 fully saturated rings. The van der Waals surface area contributed by atoms with Crippen molar-refractivity contribution in [2.24, 2.45) is 5.73 Å². The van der Waals surface area contributed by atoms with Gasteiger partial charge in [-0.15, -0.1) is 0 Å². The van der Waals surface area contributed by atoms with Gasteiger partial charge < -0.3 is 15.2 Å². The van der Waals surface area contributed by atoms with Crippen molar-refractivity contribution < 1.29 is 23.0 Å². The number of ether oxygens (including phenoxy) is 2. The molecule has 5 nitrogen and oxygen atoms in total. The highest BCUT2D eigenvalue weighted by atomic mass is 35.5. The topological polar surface area (TPSA) is 64.8 Å². The third-order valence-electron chi connectivity index (χ3n) is 7.24. The number of benzene rings is 3. The lowest BCUT2D eigenvalue weighted by Crippen LogP contribution is -2.50. The van der Waals surface area contributed by atoms with Gasteiger partial charge in [0.05, 0.1) is 17.7 Å². The standard InChI is InChI=1S/C30H32Cl2F2N2O3/c1-17-30(35,22-13-12-19(31)15-24(22)33)25(21-10-7-11-23(32)26(21)34)27(28(37)39-29(2,3)4)36(17)16-18-8-6-9-20(14-18)38-5/h6-15,17,25,27H,16,35H2,1-5H3/t17?,25-,27+,30-/m0/s1. The first kappa shape index (κ1) is 29.3. The number of nitrogens with two attached hydrogens (primary N) is 1. The minimum Gasteiger partial charge on any atom is -0.497 e. The molecule has 1 heterocycles. The Morgan fingerprint density at radius 3 is 2.41 bits per heavy atom. The Morgan fingerprint density at radius 2 is 1.77 bits per heavy atom. The van der Waals surface area contributed by atoms with E-state index in [1.165, 1.54) is 24.3 Å². The van der Waals surface area contributed by atoms with Gasteiger partial charge in [0.25, 0.3) is 0 Å². The van der Waals surface area contributed by atoms with Crippen LogP contribution in [-0.4, -0.2) is 35.7 Å². The van der Waals surface area contributed by atoms with Gasteiger partial charge in [-0.05, 0) is 69.2 Å². The fourth-order valence-electron chi connectivity index (χ4n) is 5.50. The second-order valence-corrected chi connectivity index (χ2v) is 11.7. The van der Waals surface area contributed by atoms with E-state index in [0.717, 1.165) is 11.6 Å². The first-order chi connectivity index (χ1) is 18.3. The molecule has 3 aromatic rings. The minimum atomic E-state index is -1.58. The SMILES string of the molecule is COc1cccc(CN2C(C)[C@](N)(c3ccc(Cl)cc3F)[C@@H](c3cccc(Cl)c3F)[C@@H]2C(=O)OC(C)(C)C)c1. The fourth-order valence-corrected chi connectivity index (χ4v) is 5.84. The van der Waals surface area contributed by atoms with Gasteiger partial charge in [0.1, 0.15) is 29.0 Å². The van der Waals surface area contributed by atoms with Gasteiger partial charge in [0.2, 0.25) is 0 Å². The lowest BCUT2D eigenvalue weighted by molar-refractivity contribution is -0.161. The van der Waals surface area contributed by atoms with Crippen molar-refractivity contribution in [3.05, 3.63) is 99.0 Å². The molecule has 208 valence electrons. The molecule has 0 amide bonds. The van der Waals surface area contributed by atoms with Crippen molar-refractivity contribution in [1.29, 1.82) is 0 Å². The van der Waals surface area contributed by atoms with E-state index in [9.17, 15) is 4.79 Å². The summed E-state index contributed by atoms with van der Waals surface area (Å²) in [6.45, 7) is 7.28. The summed E-state index contributed by atoms with van der Waals surface area (Å²) in [4.78, 5) is 15.8. The van der Waals surface area contributed by atoms with E-state index in [1.807, 2.05) is 29.2 Å². The van der Waals surface area contributed by atoms with Gasteiger partial charge in [0, 0.05) is 29.1 Å². The Bertz CT molecular complexity index is 1380. The number of likely N-dealkylation sites (tertiary alicyclic amines) is 1. The summed E-state index contributed by atoms with van der Waals surface area (Å²) in [5.74, 6) is -2.42. The quantitative estimate of drug-likeness (QED) is 0.326. The molecule has 39 heavy (non-hydrogen) atoms. The average Bonchev–Trinajstić information content (AvgIpc) is 3.07. The highest BCUT2D eigenvalue weighted by Crippen LogP contribution is 2.52. The molecular weight excluding hydrogens is 545 g/mol. The van der Waals surface area contributed by atoms with Crippen LogP contribution in [0.4, 0.5) is 8.78 Å². The van der Waals surface area contributed by atoms with E-state index >= 15 is 8.78 Å². The summed E-state index contributed by atoms with van der Waals surface area (Å²) in [6.07, 6.45) is 0. The second kappa shape index (κ2) is 11.0. The normalized spacial score (nSPS) is 23.6. The summed E-state index contributed by atoms with van der Waals surface area (Å²) in [5.41, 5.74) is 5.79. The number of carbonyl (C=O) groups excluding carboxylic acids is 1. The van der Waals surface area contributed by atoms with Gasteiger partial charge in [-0.3, -0.25) is 9.69 Å². The predicted octanol–water partition coefficient (Wildman–Crippen LogP) is 6.83. The highest BCUT2D eigenvalue weighted by Gasteiger charge is 2.61. The first-order valence-corrected chi connectivity index (χ1v) is 13.3. The number of nitrogens with zero attached hydrogens (tertiary/aromatic N) is 1. The van der Waals surface area contributed by atoms with Gasteiger partial charge in [-0.2, -0.15) is 0 Å². The molecule has 4 rings (SSSR count). The fraction of sp³-hybridized carbons (Fsp3) is 0.367. The van der Waals surface area contributed by atoms with E-state index in [1.54, 1.807) is 40.9 Å². The van der Waals surface area contributed by atoms with Crippen molar-refractivity contribution in [3.8, 4) is 5.75 Å². The Labute approximate surface area is 237 Å². The number of hydrogen-bond acceptors (Lipinski definition) is 5. The van der Waals surface area contributed by atoms with E-state index < -0.39 is 46.7 Å². The number of esters is 1. The molecule has 0 spiro atoms. The molecule has 3 aromatic carbocycles. The van der Waals surface area contributed by atoms with Crippen molar-refractivity contribution in [2.75, 3.05) is 7.11 Å². The largest absolute Gasteiger partial charge is 0.497 e. The van der Waals surface area contributed by atoms with Crippen LogP contribution in [0.3, 0.4) is 0 Å². The Morgan fingerprint density at radius 1 is 1.08 bits per heavy atom. The summed E-state index contributed by atoms with van der Waals surface area (Å²) in [7, 11) is 1.56. The van der Waals surface area contributed by atoms with E-state index in [2.05, 4.69) is 0 Å². The molecule has 4 atom stereocenters. The lowest BCUT2D eigenvalue weighted by atomic mass is 9.71. The number of rotatable bonds is 6. The average molecular weight is 577 g/mol. The van der Waals surface area contributed by atoms with Crippen LogP contribution < -0.4 is 10.5 Å². The monoisotopic (exact) mass is 576 g/mol. The molecule has 2 N–H and O–H groups in total. The Hall–Kier alpha value is -2.71. The highest BCUT2D eigenvalue weighted by molar-refractivity contribution is 6.31. The molecule has 9 heteroatoms. The zero-order chi connectivity index (χ0) is 28.7. The van der Waals surface area contributed by atoms with Crippen LogP contribution in [-0.2, 0) is 21.6 Å². The molecule has 0 bridgehead atoms. The van der Waals surface area contributed by atoms with Gasteiger partial charge in [0.15, 0.2) is 0 Å². The van der Waals surface area contributed by atoms with Crippen molar-refractivity contribution in [3.63, 3.8) is 0 Å². The predicted molar refractivity (Wildman–Crippen MR) is 149 cm³/mol. The van der Waals surface area contributed by atoms with Crippen LogP contribution in [0.5, 0.6) is 5.75 Å². The molecule has 0 aromatic heterocycles. The van der Waals surface area contributed by atoms with Crippen LogP contribution in [0.25, 0.3) is 0 Å². The molecule has 0 saturated carbocycles. The van der Waals surface area contributed by atoms with Crippen molar-refractivity contribution in [1.82, 2.24) is 4.90 Å². The maximum atomic E-state index is 15.7. The van der Waals surface area contributed by atoms with E-state index in [4.69, 9.17) is 38.4 Å². The molecular formula is C30H32Cl2F2N2O3. The Kier molecular flexibility index (Phi) is 8.29. The lowest BCUT2D eigenvalue weighted by Gasteiger charge is -2.37. The molecule has 1 aliphatic rings. The summed E-state index contributed by atoms with van der Waals surface area (Å²) in [5, 5.41) is 0.0566. The number of carbonyl (C=O) groups is 1. The third-order valence-corrected chi connectivity index (χ3v) is 7.77. The van der Waals surface area contributed by atoms with Gasteiger partial charge in [-0.25, -0.2) is 8.78 Å². The van der Waals surface area contributed by atoms with Gasteiger partial charge in [-0.1, -0.05) is 53.5 Å². The van der Waals surface area contributed by atoms with E-state index in [-0.39, 0.29) is 27.7 Å². The minimum absolute atomic E-state index is 0.0928. The summed E-state index contributed by atoms with van der Waals surface area (Å²) in [6, 6.07) is 14.3. The van der Waals surface area contributed by atoms with Crippen molar-refractivity contribution >= 4 is 29.2 Å². The van der Waals surface area contributed by atoms with Crippen molar-refractivity contribution in [2.45, 2.75) is 63.4 Å². The Balaban J connectivity index is 1.98. The molecule has 1 unspecified atom stereocenters. The van der Waals surface area contributed by atoms with Crippen LogP contribution in [0, 0.1) is 11.6 Å². The third kappa shape index (κ3) is 5.64. The molecule has 0 radical (unpaired) electrons. The molecule has 0 aliphatic carbocycles. The zero-order valence-electron chi connectivity index (χ0n) is 22.5. The maximum absolute atomic E-state index is 15.7. The smallest absolute Gasteiger partial charge is 0.324 e. The number of halogens is 4. The van der Waals surface area contributed by atoms with Crippen LogP contribution in [0.15, 0.2) is 60.7 Å². The molecule has 1 saturated heterocycles. The van der Waals surface area contributed by atoms with Gasteiger partial charge >= 0.3 is 5.97 Å². The summed E-state index contributed by atoms with van der Waals surface area (Å²) >= 11 is 12.3. The number of methoxy groups -OCH3 is 1. The summed E-state index contributed by atoms with van der Waals surface area (Å²) < 4.78 is 42.6. The van der Waals surface area contributed by atoms with Crippen LogP contribution in [0.2, 0.25) is 10.0 Å². The molecule has 1 aliphatic heterocycles. The maximum Gasteiger partial charge on any atom is 0.324 e. The second-order valence-electron chi connectivity index (χ2n) is 10.9. The zero-order valence-corrected chi connectivity index (χ0v) is 24.0. The number of hydrogen-bond donors (Lipinski definition) is 1. The first-order valence-electron chi connectivity index (χ1n) is 12.6.